The Morgan fingerprint density at radius 1 is 0.941 bits per heavy atom. The molecule has 0 radical (unpaired) electrons. The number of nitrogens with zero attached hydrogens (tertiary/aromatic N) is 1. The van der Waals surface area contributed by atoms with Gasteiger partial charge in [0.2, 0.25) is 0 Å². The van der Waals surface area contributed by atoms with Crippen LogP contribution >= 0.6 is 0 Å². The van der Waals surface area contributed by atoms with E-state index < -0.39 is 0 Å². The van der Waals surface area contributed by atoms with Crippen LogP contribution in [0.3, 0.4) is 0 Å². The molecule has 3 rings (SSSR count). The van der Waals surface area contributed by atoms with Crippen LogP contribution in [0.2, 0.25) is 0 Å². The number of likely N-dealkylation sites (tertiary alicyclic amines) is 1. The summed E-state index contributed by atoms with van der Waals surface area (Å²) in [6.45, 7) is 5.18. The quantitative estimate of drug-likeness (QED) is 0.810. The number of piperidine rings is 1. The standard InChI is InChI=1S/C15H28N2/c1-15(9-3-2-4-10-15)17-11-5-6-14(12-17)16-13-7-8-13/h13-14,16H,2-12H2,1H3. The molecule has 0 aromatic carbocycles. The first-order valence-electron chi connectivity index (χ1n) is 7.77. The van der Waals surface area contributed by atoms with Crippen molar-refractivity contribution in [3.05, 3.63) is 0 Å². The molecule has 0 amide bonds. The van der Waals surface area contributed by atoms with Crippen LogP contribution in [-0.4, -0.2) is 35.6 Å². The minimum Gasteiger partial charge on any atom is -0.310 e. The SMILES string of the molecule is CC1(N2CCCC(NC3CC3)C2)CCCCC1. The second-order valence-corrected chi connectivity index (χ2v) is 6.78. The van der Waals surface area contributed by atoms with E-state index in [0.29, 0.717) is 5.54 Å². The maximum atomic E-state index is 3.84. The average Bonchev–Trinajstić information content (AvgIpc) is 3.14. The molecule has 17 heavy (non-hydrogen) atoms. The smallest absolute Gasteiger partial charge is 0.0198 e. The van der Waals surface area contributed by atoms with Crippen molar-refractivity contribution in [1.82, 2.24) is 10.2 Å². The molecular formula is C15H28N2. The molecule has 1 saturated heterocycles. The summed E-state index contributed by atoms with van der Waals surface area (Å²) < 4.78 is 0. The Hall–Kier alpha value is -0.0800. The summed E-state index contributed by atoms with van der Waals surface area (Å²) in [5.41, 5.74) is 0.530. The van der Waals surface area contributed by atoms with Gasteiger partial charge < -0.3 is 5.32 Å². The van der Waals surface area contributed by atoms with Crippen molar-refractivity contribution in [2.45, 2.75) is 82.3 Å². The molecule has 1 N–H and O–H groups in total. The molecule has 2 heteroatoms. The van der Waals surface area contributed by atoms with Gasteiger partial charge in [0, 0.05) is 24.2 Å². The van der Waals surface area contributed by atoms with Crippen LogP contribution in [0.4, 0.5) is 0 Å². The van der Waals surface area contributed by atoms with Crippen molar-refractivity contribution in [2.24, 2.45) is 0 Å². The van der Waals surface area contributed by atoms with E-state index in [0.717, 1.165) is 12.1 Å². The molecule has 1 atom stereocenters. The Bertz CT molecular complexity index is 254. The Labute approximate surface area is 106 Å². The molecule has 98 valence electrons. The highest BCUT2D eigenvalue weighted by Gasteiger charge is 2.37. The third-order valence-corrected chi connectivity index (χ3v) is 5.16. The van der Waals surface area contributed by atoms with Gasteiger partial charge in [-0.1, -0.05) is 19.3 Å². The van der Waals surface area contributed by atoms with Crippen LogP contribution in [0.5, 0.6) is 0 Å². The second-order valence-electron chi connectivity index (χ2n) is 6.78. The topological polar surface area (TPSA) is 15.3 Å². The summed E-state index contributed by atoms with van der Waals surface area (Å²) >= 11 is 0. The van der Waals surface area contributed by atoms with E-state index in [9.17, 15) is 0 Å². The van der Waals surface area contributed by atoms with Crippen LogP contribution < -0.4 is 5.32 Å². The van der Waals surface area contributed by atoms with Crippen molar-refractivity contribution >= 4 is 0 Å². The average molecular weight is 236 g/mol. The van der Waals surface area contributed by atoms with Gasteiger partial charge in [-0.05, 0) is 52.0 Å². The first-order chi connectivity index (χ1) is 8.26. The van der Waals surface area contributed by atoms with Gasteiger partial charge in [0.05, 0.1) is 0 Å². The van der Waals surface area contributed by atoms with Gasteiger partial charge in [-0.3, -0.25) is 4.90 Å². The lowest BCUT2D eigenvalue weighted by molar-refractivity contribution is 0.0357. The molecule has 1 heterocycles. The molecule has 0 bridgehead atoms. The van der Waals surface area contributed by atoms with Crippen molar-refractivity contribution in [2.75, 3.05) is 13.1 Å². The molecule has 3 fully saturated rings. The minimum atomic E-state index is 0.530. The van der Waals surface area contributed by atoms with E-state index in [2.05, 4.69) is 17.1 Å². The van der Waals surface area contributed by atoms with Crippen molar-refractivity contribution in [3.63, 3.8) is 0 Å². The van der Waals surface area contributed by atoms with E-state index in [1.165, 1.54) is 70.9 Å². The van der Waals surface area contributed by atoms with Crippen molar-refractivity contribution in [3.8, 4) is 0 Å². The maximum absolute atomic E-state index is 3.84. The summed E-state index contributed by atoms with van der Waals surface area (Å²) in [5.74, 6) is 0. The lowest BCUT2D eigenvalue weighted by atomic mass is 9.80. The molecular weight excluding hydrogens is 208 g/mol. The molecule has 2 aliphatic carbocycles. The fourth-order valence-corrected chi connectivity index (χ4v) is 3.82. The van der Waals surface area contributed by atoms with E-state index in [1.54, 1.807) is 0 Å². The highest BCUT2D eigenvalue weighted by Crippen LogP contribution is 2.35. The summed E-state index contributed by atoms with van der Waals surface area (Å²) in [7, 11) is 0. The summed E-state index contributed by atoms with van der Waals surface area (Å²) in [6, 6.07) is 1.66. The zero-order chi connectivity index (χ0) is 11.7. The Kier molecular flexibility index (Phi) is 3.45. The highest BCUT2D eigenvalue weighted by molar-refractivity contribution is 4.95. The molecule has 0 aromatic heterocycles. The predicted molar refractivity (Wildman–Crippen MR) is 72.2 cm³/mol. The normalized spacial score (nSPS) is 34.8. The molecule has 1 unspecified atom stereocenters. The van der Waals surface area contributed by atoms with E-state index in [1.807, 2.05) is 0 Å². The molecule has 2 saturated carbocycles. The molecule has 2 nitrogen and oxygen atoms in total. The predicted octanol–water partition coefficient (Wildman–Crippen LogP) is 2.93. The number of hydrogen-bond donors (Lipinski definition) is 1. The summed E-state index contributed by atoms with van der Waals surface area (Å²) in [5, 5.41) is 3.84. The van der Waals surface area contributed by atoms with Crippen LogP contribution in [-0.2, 0) is 0 Å². The van der Waals surface area contributed by atoms with E-state index in [-0.39, 0.29) is 0 Å². The fraction of sp³-hybridized carbons (Fsp3) is 1.00. The minimum absolute atomic E-state index is 0.530. The zero-order valence-electron chi connectivity index (χ0n) is 11.4. The van der Waals surface area contributed by atoms with E-state index >= 15 is 0 Å². The van der Waals surface area contributed by atoms with Gasteiger partial charge >= 0.3 is 0 Å². The van der Waals surface area contributed by atoms with Crippen LogP contribution in [0, 0.1) is 0 Å². The molecule has 3 aliphatic rings. The van der Waals surface area contributed by atoms with Crippen molar-refractivity contribution in [1.29, 1.82) is 0 Å². The number of rotatable bonds is 3. The number of nitrogens with one attached hydrogen (secondary N) is 1. The zero-order valence-corrected chi connectivity index (χ0v) is 11.4. The first kappa shape index (κ1) is 12.0. The van der Waals surface area contributed by atoms with Gasteiger partial charge in [-0.25, -0.2) is 0 Å². The number of hydrogen-bond acceptors (Lipinski definition) is 2. The van der Waals surface area contributed by atoms with Gasteiger partial charge in [-0.15, -0.1) is 0 Å². The molecule has 0 spiro atoms. The largest absolute Gasteiger partial charge is 0.310 e. The van der Waals surface area contributed by atoms with Crippen molar-refractivity contribution < 1.29 is 0 Å². The van der Waals surface area contributed by atoms with Gasteiger partial charge in [0.15, 0.2) is 0 Å². The lowest BCUT2D eigenvalue weighted by Gasteiger charge is -2.48. The first-order valence-corrected chi connectivity index (χ1v) is 7.77. The Morgan fingerprint density at radius 3 is 2.41 bits per heavy atom. The van der Waals surface area contributed by atoms with Crippen LogP contribution in [0.15, 0.2) is 0 Å². The van der Waals surface area contributed by atoms with E-state index in [4.69, 9.17) is 0 Å². The second kappa shape index (κ2) is 4.89. The van der Waals surface area contributed by atoms with Crippen LogP contribution in [0.1, 0.15) is 64.7 Å². The lowest BCUT2D eigenvalue weighted by Crippen LogP contribution is -2.56. The van der Waals surface area contributed by atoms with Crippen LogP contribution in [0.25, 0.3) is 0 Å². The highest BCUT2D eigenvalue weighted by atomic mass is 15.2. The summed E-state index contributed by atoms with van der Waals surface area (Å²) in [4.78, 5) is 2.82. The summed E-state index contributed by atoms with van der Waals surface area (Å²) in [6.07, 6.45) is 12.9. The van der Waals surface area contributed by atoms with Gasteiger partial charge in [-0.2, -0.15) is 0 Å². The maximum Gasteiger partial charge on any atom is 0.0198 e. The molecule has 0 aromatic rings. The Morgan fingerprint density at radius 2 is 1.71 bits per heavy atom. The van der Waals surface area contributed by atoms with Gasteiger partial charge in [0.1, 0.15) is 0 Å². The molecule has 1 aliphatic heterocycles. The third kappa shape index (κ3) is 2.85. The monoisotopic (exact) mass is 236 g/mol. The van der Waals surface area contributed by atoms with Gasteiger partial charge in [0.25, 0.3) is 0 Å². The third-order valence-electron chi connectivity index (χ3n) is 5.16. The Balaban J connectivity index is 1.57. The fourth-order valence-electron chi connectivity index (χ4n) is 3.82.